The van der Waals surface area contributed by atoms with E-state index in [1.807, 2.05) is 41.1 Å². The van der Waals surface area contributed by atoms with E-state index in [4.69, 9.17) is 12.2 Å². The van der Waals surface area contributed by atoms with Crippen LogP contribution in [0.3, 0.4) is 0 Å². The predicted molar refractivity (Wildman–Crippen MR) is 130 cm³/mol. The highest BCUT2D eigenvalue weighted by Crippen LogP contribution is 2.27. The monoisotopic (exact) mass is 455 g/mol. The van der Waals surface area contributed by atoms with Gasteiger partial charge in [-0.2, -0.15) is 0 Å². The first-order valence-corrected chi connectivity index (χ1v) is 10.7. The van der Waals surface area contributed by atoms with Crippen molar-refractivity contribution >= 4 is 51.8 Å². The zero-order valence-corrected chi connectivity index (χ0v) is 18.2. The van der Waals surface area contributed by atoms with Crippen molar-refractivity contribution in [2.45, 2.75) is 6.54 Å². The molecule has 0 unspecified atom stereocenters. The third-order valence-corrected chi connectivity index (χ3v) is 5.79. The molecular formula is C26H18FN3O2S. The molecule has 1 fully saturated rings. The zero-order chi connectivity index (χ0) is 22.9. The molecule has 1 aliphatic heterocycles. The lowest BCUT2D eigenvalue weighted by Gasteiger charge is -2.28. The lowest BCUT2D eigenvalue weighted by Crippen LogP contribution is -2.54. The van der Waals surface area contributed by atoms with Gasteiger partial charge in [0.25, 0.3) is 11.8 Å². The minimum Gasteiger partial charge on any atom is -0.342 e. The molecule has 4 aromatic rings. The average molecular weight is 456 g/mol. The molecule has 0 spiro atoms. The Kier molecular flexibility index (Phi) is 5.32. The molecule has 2 heterocycles. The summed E-state index contributed by atoms with van der Waals surface area (Å²) >= 11 is 5.26. The highest BCUT2D eigenvalue weighted by molar-refractivity contribution is 7.80. The van der Waals surface area contributed by atoms with Gasteiger partial charge in [-0.25, -0.2) is 4.39 Å². The summed E-state index contributed by atoms with van der Waals surface area (Å²) in [6.45, 7) is 0.518. The van der Waals surface area contributed by atoms with Crippen molar-refractivity contribution in [2.24, 2.45) is 0 Å². The summed E-state index contributed by atoms with van der Waals surface area (Å²) in [6, 6.07) is 23.0. The van der Waals surface area contributed by atoms with Crippen LogP contribution in [0.2, 0.25) is 0 Å². The second kappa shape index (κ2) is 8.44. The van der Waals surface area contributed by atoms with Gasteiger partial charge in [0.2, 0.25) is 0 Å². The molecular weight excluding hydrogens is 437 g/mol. The molecule has 5 nitrogen and oxygen atoms in total. The smallest absolute Gasteiger partial charge is 0.270 e. The van der Waals surface area contributed by atoms with E-state index in [0.717, 1.165) is 22.0 Å². The van der Waals surface area contributed by atoms with E-state index in [1.54, 1.807) is 42.5 Å². The largest absolute Gasteiger partial charge is 0.342 e. The minimum atomic E-state index is -0.535. The number of para-hydroxylation sites is 2. The SMILES string of the molecule is O=C1NC(=S)N(c2ccccc2)C(=O)/C1=C/c1cn(Cc2ccc(F)cc2)c2ccccc12. The number of anilines is 1. The minimum absolute atomic E-state index is 0.00265. The van der Waals surface area contributed by atoms with Crippen LogP contribution in [0.4, 0.5) is 10.1 Å². The summed E-state index contributed by atoms with van der Waals surface area (Å²) in [5, 5.41) is 3.56. The third kappa shape index (κ3) is 3.94. The van der Waals surface area contributed by atoms with Gasteiger partial charge in [-0.1, -0.05) is 48.5 Å². The third-order valence-electron chi connectivity index (χ3n) is 5.50. The molecule has 0 saturated carbocycles. The van der Waals surface area contributed by atoms with E-state index in [2.05, 4.69) is 5.32 Å². The highest BCUT2D eigenvalue weighted by atomic mass is 32.1. The summed E-state index contributed by atoms with van der Waals surface area (Å²) < 4.78 is 15.3. The Labute approximate surface area is 194 Å². The fourth-order valence-corrected chi connectivity index (χ4v) is 4.21. The van der Waals surface area contributed by atoms with Gasteiger partial charge in [0, 0.05) is 29.2 Å². The maximum absolute atomic E-state index is 13.3. The Morgan fingerprint density at radius 2 is 1.61 bits per heavy atom. The van der Waals surface area contributed by atoms with Gasteiger partial charge < -0.3 is 4.57 Å². The molecule has 2 amide bonds. The van der Waals surface area contributed by atoms with Crippen LogP contribution in [0, 0.1) is 5.82 Å². The van der Waals surface area contributed by atoms with Crippen LogP contribution in [-0.2, 0) is 16.1 Å². The number of aromatic nitrogens is 1. The maximum Gasteiger partial charge on any atom is 0.270 e. The molecule has 0 aliphatic carbocycles. The Morgan fingerprint density at radius 3 is 2.36 bits per heavy atom. The van der Waals surface area contributed by atoms with Crippen molar-refractivity contribution in [1.82, 2.24) is 9.88 Å². The van der Waals surface area contributed by atoms with Gasteiger partial charge in [-0.05, 0) is 54.2 Å². The average Bonchev–Trinajstić information content (AvgIpc) is 3.16. The summed E-state index contributed by atoms with van der Waals surface area (Å²) in [4.78, 5) is 27.3. The summed E-state index contributed by atoms with van der Waals surface area (Å²) in [7, 11) is 0. The number of thiocarbonyl (C=S) groups is 1. The van der Waals surface area contributed by atoms with Gasteiger partial charge in [0.05, 0.1) is 5.69 Å². The number of carbonyl (C=O) groups excluding carboxylic acids is 2. The number of fused-ring (bicyclic) bond motifs is 1. The number of rotatable bonds is 4. The van der Waals surface area contributed by atoms with E-state index in [-0.39, 0.29) is 16.5 Å². The number of hydrogen-bond acceptors (Lipinski definition) is 3. The summed E-state index contributed by atoms with van der Waals surface area (Å²) in [5.41, 5.74) is 3.18. The number of carbonyl (C=O) groups is 2. The van der Waals surface area contributed by atoms with E-state index in [0.29, 0.717) is 12.2 Å². The van der Waals surface area contributed by atoms with E-state index in [9.17, 15) is 14.0 Å². The zero-order valence-electron chi connectivity index (χ0n) is 17.4. The van der Waals surface area contributed by atoms with E-state index >= 15 is 0 Å². The number of halogens is 1. The molecule has 1 N–H and O–H groups in total. The fraction of sp³-hybridized carbons (Fsp3) is 0.0385. The number of amides is 2. The highest BCUT2D eigenvalue weighted by Gasteiger charge is 2.34. The van der Waals surface area contributed by atoms with Crippen LogP contribution in [0.5, 0.6) is 0 Å². The number of nitrogens with zero attached hydrogens (tertiary/aromatic N) is 2. The Morgan fingerprint density at radius 1 is 0.909 bits per heavy atom. The molecule has 7 heteroatoms. The summed E-state index contributed by atoms with van der Waals surface area (Å²) in [6.07, 6.45) is 3.49. The molecule has 0 bridgehead atoms. The predicted octanol–water partition coefficient (Wildman–Crippen LogP) is 4.66. The molecule has 0 atom stereocenters. The lowest BCUT2D eigenvalue weighted by molar-refractivity contribution is -0.122. The van der Waals surface area contributed by atoms with Gasteiger partial charge >= 0.3 is 0 Å². The van der Waals surface area contributed by atoms with Crippen LogP contribution in [0.15, 0.2) is 90.6 Å². The molecule has 1 aromatic heterocycles. The first-order chi connectivity index (χ1) is 16.0. The Bertz CT molecular complexity index is 1430. The number of benzene rings is 3. The van der Waals surface area contributed by atoms with Crippen molar-refractivity contribution in [3.63, 3.8) is 0 Å². The van der Waals surface area contributed by atoms with Gasteiger partial charge in [0.1, 0.15) is 11.4 Å². The first-order valence-electron chi connectivity index (χ1n) is 10.3. The van der Waals surface area contributed by atoms with Crippen molar-refractivity contribution in [3.8, 4) is 0 Å². The quantitative estimate of drug-likeness (QED) is 0.277. The van der Waals surface area contributed by atoms with Crippen molar-refractivity contribution in [2.75, 3.05) is 4.90 Å². The molecule has 1 aliphatic rings. The standard InChI is InChI=1S/C26H18FN3O2S/c27-19-12-10-17(11-13-19)15-29-16-18(21-8-4-5-9-23(21)29)14-22-24(31)28-26(33)30(25(22)32)20-6-2-1-3-7-20/h1-14,16H,15H2,(H,28,31,33)/b22-14+. The molecule has 5 rings (SSSR count). The van der Waals surface area contributed by atoms with Crippen LogP contribution in [0.1, 0.15) is 11.1 Å². The van der Waals surface area contributed by atoms with Crippen molar-refractivity contribution < 1.29 is 14.0 Å². The molecule has 162 valence electrons. The van der Waals surface area contributed by atoms with Gasteiger partial charge in [-0.15, -0.1) is 0 Å². The van der Waals surface area contributed by atoms with E-state index in [1.165, 1.54) is 17.0 Å². The van der Waals surface area contributed by atoms with Crippen LogP contribution in [-0.4, -0.2) is 21.5 Å². The van der Waals surface area contributed by atoms with Gasteiger partial charge in [0.15, 0.2) is 5.11 Å². The molecule has 0 radical (unpaired) electrons. The Balaban J connectivity index is 1.56. The second-order valence-electron chi connectivity index (χ2n) is 7.65. The molecule has 33 heavy (non-hydrogen) atoms. The van der Waals surface area contributed by atoms with Crippen LogP contribution >= 0.6 is 12.2 Å². The number of nitrogens with one attached hydrogen (secondary N) is 1. The molecule has 1 saturated heterocycles. The van der Waals surface area contributed by atoms with Crippen LogP contribution < -0.4 is 10.2 Å². The second-order valence-corrected chi connectivity index (χ2v) is 8.04. The van der Waals surface area contributed by atoms with E-state index < -0.39 is 11.8 Å². The first kappa shape index (κ1) is 20.8. The normalized spacial score (nSPS) is 15.4. The van der Waals surface area contributed by atoms with Crippen molar-refractivity contribution in [1.29, 1.82) is 0 Å². The Hall–Kier alpha value is -4.10. The summed E-state index contributed by atoms with van der Waals surface area (Å²) in [5.74, 6) is -1.30. The van der Waals surface area contributed by atoms with Crippen LogP contribution in [0.25, 0.3) is 17.0 Å². The molecule has 3 aromatic carbocycles. The fourth-order valence-electron chi connectivity index (χ4n) is 3.93. The lowest BCUT2D eigenvalue weighted by atomic mass is 10.1. The van der Waals surface area contributed by atoms with Gasteiger partial charge in [-0.3, -0.25) is 19.8 Å². The number of hydrogen-bond donors (Lipinski definition) is 1. The van der Waals surface area contributed by atoms with Crippen molar-refractivity contribution in [3.05, 3.63) is 108 Å². The maximum atomic E-state index is 13.3. The topological polar surface area (TPSA) is 54.3 Å².